The van der Waals surface area contributed by atoms with Gasteiger partial charge in [0.1, 0.15) is 25.6 Å². The van der Waals surface area contributed by atoms with Gasteiger partial charge in [-0.1, -0.05) is 91.0 Å². The molecule has 0 saturated carbocycles. The van der Waals surface area contributed by atoms with E-state index < -0.39 is 0 Å². The number of hydrogen-bond donors (Lipinski definition) is 0. The average Bonchev–Trinajstić information content (AvgIpc) is 2.84. The molecule has 0 unspecified atom stereocenters. The van der Waals surface area contributed by atoms with Crippen LogP contribution < -0.4 is 14.2 Å². The fourth-order valence-electron chi connectivity index (χ4n) is 3.37. The highest BCUT2D eigenvalue weighted by atomic mass is 79.9. The summed E-state index contributed by atoms with van der Waals surface area (Å²) >= 11 is 3.67. The highest BCUT2D eigenvalue weighted by Crippen LogP contribution is 2.43. The van der Waals surface area contributed by atoms with Gasteiger partial charge < -0.3 is 14.2 Å². The van der Waals surface area contributed by atoms with Crippen molar-refractivity contribution in [3.8, 4) is 17.2 Å². The third-order valence-corrected chi connectivity index (χ3v) is 5.66. The minimum Gasteiger partial charge on any atom is -0.487 e. The molecule has 0 bridgehead atoms. The van der Waals surface area contributed by atoms with Crippen LogP contribution in [-0.4, -0.2) is 0 Å². The first-order valence-corrected chi connectivity index (χ1v) is 11.3. The van der Waals surface area contributed by atoms with E-state index in [1.807, 2.05) is 104 Å². The van der Waals surface area contributed by atoms with Crippen LogP contribution in [0.3, 0.4) is 0 Å². The van der Waals surface area contributed by atoms with Crippen molar-refractivity contribution >= 4 is 15.9 Å². The third kappa shape index (κ3) is 5.71. The van der Waals surface area contributed by atoms with Crippen LogP contribution in [0.25, 0.3) is 0 Å². The second-order valence-electron chi connectivity index (χ2n) is 7.46. The zero-order chi connectivity index (χ0) is 22.2. The van der Waals surface area contributed by atoms with Gasteiger partial charge >= 0.3 is 0 Å². The topological polar surface area (TPSA) is 27.7 Å². The zero-order valence-corrected chi connectivity index (χ0v) is 19.5. The maximum absolute atomic E-state index is 6.26. The van der Waals surface area contributed by atoms with Crippen LogP contribution >= 0.6 is 15.9 Å². The molecule has 0 aliphatic carbocycles. The van der Waals surface area contributed by atoms with Gasteiger partial charge in [0.25, 0.3) is 0 Å². The Hall–Kier alpha value is -3.24. The van der Waals surface area contributed by atoms with Crippen molar-refractivity contribution in [3.05, 3.63) is 124 Å². The first kappa shape index (κ1) is 22.0. The molecule has 4 aromatic carbocycles. The summed E-state index contributed by atoms with van der Waals surface area (Å²) < 4.78 is 19.5. The van der Waals surface area contributed by atoms with E-state index in [-0.39, 0.29) is 0 Å². The minimum atomic E-state index is 0.448. The van der Waals surface area contributed by atoms with Gasteiger partial charge in [-0.25, -0.2) is 0 Å². The third-order valence-electron chi connectivity index (χ3n) is 5.07. The van der Waals surface area contributed by atoms with Crippen LogP contribution in [0.4, 0.5) is 0 Å². The Bertz CT molecular complexity index is 1130. The molecule has 0 radical (unpaired) electrons. The lowest BCUT2D eigenvalue weighted by atomic mass is 10.1. The number of benzene rings is 4. The van der Waals surface area contributed by atoms with E-state index in [9.17, 15) is 0 Å². The molecular formula is C28H25BrO3. The molecule has 0 saturated heterocycles. The van der Waals surface area contributed by atoms with Crippen molar-refractivity contribution in [1.29, 1.82) is 0 Å². The summed E-state index contributed by atoms with van der Waals surface area (Å²) in [6, 6.07) is 32.3. The highest BCUT2D eigenvalue weighted by Gasteiger charge is 2.18. The summed E-state index contributed by atoms with van der Waals surface area (Å²) in [5.74, 6) is 2.13. The highest BCUT2D eigenvalue weighted by molar-refractivity contribution is 9.10. The van der Waals surface area contributed by atoms with Gasteiger partial charge in [0.15, 0.2) is 11.5 Å². The Morgan fingerprint density at radius 3 is 1.44 bits per heavy atom. The van der Waals surface area contributed by atoms with Gasteiger partial charge in [-0.2, -0.15) is 0 Å². The van der Waals surface area contributed by atoms with Crippen LogP contribution in [0.15, 0.2) is 102 Å². The van der Waals surface area contributed by atoms with Crippen molar-refractivity contribution < 1.29 is 14.2 Å². The van der Waals surface area contributed by atoms with Gasteiger partial charge in [0.05, 0.1) is 4.47 Å². The van der Waals surface area contributed by atoms with Crippen molar-refractivity contribution in [2.45, 2.75) is 26.7 Å². The van der Waals surface area contributed by atoms with Crippen molar-refractivity contribution in [2.24, 2.45) is 0 Å². The summed E-state index contributed by atoms with van der Waals surface area (Å²) in [6.45, 7) is 3.38. The molecule has 0 heterocycles. The molecule has 4 aromatic rings. The molecule has 0 aliphatic heterocycles. The standard InChI is InChI=1S/C28H25BrO3/c1-21-27(31-19-23-13-7-3-8-14-23)25(29)17-26(30-18-22-11-5-2-6-12-22)28(21)32-20-24-15-9-4-10-16-24/h2-17H,18-20H2,1H3. The molecule has 0 spiro atoms. The smallest absolute Gasteiger partial charge is 0.168 e. The summed E-state index contributed by atoms with van der Waals surface area (Å²) in [4.78, 5) is 0. The van der Waals surface area contributed by atoms with E-state index in [1.165, 1.54) is 0 Å². The Balaban J connectivity index is 1.59. The van der Waals surface area contributed by atoms with E-state index in [0.717, 1.165) is 32.5 Å². The number of hydrogen-bond acceptors (Lipinski definition) is 3. The second kappa shape index (κ2) is 10.9. The summed E-state index contributed by atoms with van der Waals surface area (Å²) in [6.07, 6.45) is 0. The summed E-state index contributed by atoms with van der Waals surface area (Å²) in [7, 11) is 0. The molecule has 0 N–H and O–H groups in total. The summed E-state index contributed by atoms with van der Waals surface area (Å²) in [5.41, 5.74) is 4.19. The lowest BCUT2D eigenvalue weighted by Gasteiger charge is -2.20. The molecule has 4 heteroatoms. The molecule has 0 atom stereocenters. The van der Waals surface area contributed by atoms with Crippen molar-refractivity contribution in [3.63, 3.8) is 0 Å². The van der Waals surface area contributed by atoms with E-state index >= 15 is 0 Å². The van der Waals surface area contributed by atoms with Crippen LogP contribution in [0.2, 0.25) is 0 Å². The van der Waals surface area contributed by atoms with Crippen LogP contribution in [0.1, 0.15) is 22.3 Å². The predicted octanol–water partition coefficient (Wildman–Crippen LogP) is 7.49. The predicted molar refractivity (Wildman–Crippen MR) is 131 cm³/mol. The van der Waals surface area contributed by atoms with E-state index in [1.54, 1.807) is 0 Å². The number of halogens is 1. The SMILES string of the molecule is Cc1c(OCc2ccccc2)c(Br)cc(OCc2ccccc2)c1OCc1ccccc1. The molecule has 32 heavy (non-hydrogen) atoms. The Kier molecular flexibility index (Phi) is 7.47. The lowest BCUT2D eigenvalue weighted by molar-refractivity contribution is 0.248. The maximum atomic E-state index is 6.26. The van der Waals surface area contributed by atoms with E-state index in [2.05, 4.69) is 15.9 Å². The molecule has 0 amide bonds. The zero-order valence-electron chi connectivity index (χ0n) is 18.0. The largest absolute Gasteiger partial charge is 0.487 e. The van der Waals surface area contributed by atoms with Gasteiger partial charge in [-0.15, -0.1) is 0 Å². The monoisotopic (exact) mass is 488 g/mol. The fourth-order valence-corrected chi connectivity index (χ4v) is 3.99. The molecule has 4 rings (SSSR count). The van der Waals surface area contributed by atoms with Gasteiger partial charge in [0.2, 0.25) is 0 Å². The first-order valence-electron chi connectivity index (χ1n) is 10.5. The summed E-state index contributed by atoms with van der Waals surface area (Å²) in [5, 5.41) is 0. The molecule has 3 nitrogen and oxygen atoms in total. The Morgan fingerprint density at radius 1 is 0.562 bits per heavy atom. The normalized spacial score (nSPS) is 10.6. The van der Waals surface area contributed by atoms with E-state index in [4.69, 9.17) is 14.2 Å². The van der Waals surface area contributed by atoms with Crippen LogP contribution in [0.5, 0.6) is 17.2 Å². The lowest BCUT2D eigenvalue weighted by Crippen LogP contribution is -2.05. The fraction of sp³-hybridized carbons (Fsp3) is 0.143. The molecule has 162 valence electrons. The Labute approximate surface area is 197 Å². The molecular weight excluding hydrogens is 464 g/mol. The second-order valence-corrected chi connectivity index (χ2v) is 8.32. The van der Waals surface area contributed by atoms with Crippen molar-refractivity contribution in [1.82, 2.24) is 0 Å². The first-order chi connectivity index (χ1) is 15.7. The molecule has 0 aliphatic rings. The van der Waals surface area contributed by atoms with Crippen LogP contribution in [-0.2, 0) is 19.8 Å². The average molecular weight is 489 g/mol. The molecule has 0 fully saturated rings. The number of ether oxygens (including phenoxy) is 3. The maximum Gasteiger partial charge on any atom is 0.168 e. The minimum absolute atomic E-state index is 0.448. The van der Waals surface area contributed by atoms with Crippen LogP contribution in [0, 0.1) is 6.92 Å². The van der Waals surface area contributed by atoms with Gasteiger partial charge in [-0.05, 0) is 39.5 Å². The van der Waals surface area contributed by atoms with Crippen molar-refractivity contribution in [2.75, 3.05) is 0 Å². The Morgan fingerprint density at radius 2 is 0.969 bits per heavy atom. The molecule has 0 aromatic heterocycles. The number of rotatable bonds is 9. The van der Waals surface area contributed by atoms with E-state index in [0.29, 0.717) is 31.3 Å². The van der Waals surface area contributed by atoms with Gasteiger partial charge in [0, 0.05) is 11.6 Å². The van der Waals surface area contributed by atoms with Gasteiger partial charge in [-0.3, -0.25) is 0 Å². The quantitative estimate of drug-likeness (QED) is 0.244.